The summed E-state index contributed by atoms with van der Waals surface area (Å²) in [6, 6.07) is 9.09. The number of nitrogens with zero attached hydrogens (tertiary/aromatic N) is 1. The molecule has 0 saturated heterocycles. The van der Waals surface area contributed by atoms with Gasteiger partial charge in [-0.25, -0.2) is 8.42 Å². The number of hydrogen-bond acceptors (Lipinski definition) is 3. The molecule has 2 aromatic rings. The monoisotopic (exact) mass is 387 g/mol. The highest BCUT2D eigenvalue weighted by atomic mass is 35.5. The van der Waals surface area contributed by atoms with Crippen molar-refractivity contribution in [1.29, 1.82) is 0 Å². The molecule has 24 heavy (non-hydrogen) atoms. The second kappa shape index (κ2) is 7.01. The highest BCUT2D eigenvalue weighted by Crippen LogP contribution is 2.32. The van der Waals surface area contributed by atoms with Gasteiger partial charge in [0.15, 0.2) is 0 Å². The number of carboxylic acids is 1. The Bertz CT molecular complexity index is 897. The molecular formula is C16H15Cl2NO4S. The number of sulfonamides is 1. The summed E-state index contributed by atoms with van der Waals surface area (Å²) in [5, 5.41) is 9.32. The first-order valence-electron chi connectivity index (χ1n) is 6.90. The van der Waals surface area contributed by atoms with E-state index in [1.165, 1.54) is 18.2 Å². The van der Waals surface area contributed by atoms with E-state index in [9.17, 15) is 13.2 Å². The first-order valence-corrected chi connectivity index (χ1v) is 9.09. The summed E-state index contributed by atoms with van der Waals surface area (Å²) in [6.07, 6.45) is 0. The van der Waals surface area contributed by atoms with Gasteiger partial charge in [-0.15, -0.1) is 0 Å². The van der Waals surface area contributed by atoms with Crippen molar-refractivity contribution in [1.82, 2.24) is 0 Å². The minimum atomic E-state index is -4.20. The van der Waals surface area contributed by atoms with Crippen LogP contribution in [0.4, 0.5) is 5.69 Å². The molecule has 5 nitrogen and oxygen atoms in total. The standard InChI is InChI=1S/C16H15Cl2NO4S/c1-10-3-6-14(11(2)7-10)19(9-16(20)21)24(22,23)15-8-12(17)4-5-13(15)18/h3-8H,9H2,1-2H3,(H,20,21). The molecule has 0 aliphatic rings. The minimum absolute atomic E-state index is 0.0282. The predicted octanol–water partition coefficient (Wildman–Crippen LogP) is 3.89. The minimum Gasteiger partial charge on any atom is -0.480 e. The SMILES string of the molecule is Cc1ccc(N(CC(=O)O)S(=O)(=O)c2cc(Cl)ccc2Cl)c(C)c1. The van der Waals surface area contributed by atoms with Crippen LogP contribution in [0.5, 0.6) is 0 Å². The number of hydrogen-bond donors (Lipinski definition) is 1. The van der Waals surface area contributed by atoms with E-state index >= 15 is 0 Å². The number of anilines is 1. The molecule has 0 radical (unpaired) electrons. The first kappa shape index (κ1) is 18.6. The van der Waals surface area contributed by atoms with Crippen LogP contribution in [0.3, 0.4) is 0 Å². The lowest BCUT2D eigenvalue weighted by molar-refractivity contribution is -0.135. The molecule has 128 valence electrons. The van der Waals surface area contributed by atoms with Gasteiger partial charge in [0.2, 0.25) is 0 Å². The van der Waals surface area contributed by atoms with Gasteiger partial charge in [0.25, 0.3) is 10.0 Å². The number of benzene rings is 2. The second-order valence-electron chi connectivity index (χ2n) is 5.27. The van der Waals surface area contributed by atoms with E-state index < -0.39 is 22.5 Å². The van der Waals surface area contributed by atoms with Crippen LogP contribution in [-0.2, 0) is 14.8 Å². The zero-order valence-electron chi connectivity index (χ0n) is 13.0. The van der Waals surface area contributed by atoms with Crippen molar-refractivity contribution >= 4 is 44.9 Å². The van der Waals surface area contributed by atoms with Crippen molar-refractivity contribution < 1.29 is 18.3 Å². The third-order valence-corrected chi connectivity index (χ3v) is 5.84. The average molecular weight is 388 g/mol. The van der Waals surface area contributed by atoms with E-state index in [0.717, 1.165) is 9.87 Å². The topological polar surface area (TPSA) is 74.7 Å². The van der Waals surface area contributed by atoms with Gasteiger partial charge < -0.3 is 5.11 Å². The Morgan fingerprint density at radius 1 is 1.12 bits per heavy atom. The van der Waals surface area contributed by atoms with Crippen molar-refractivity contribution in [3.8, 4) is 0 Å². The van der Waals surface area contributed by atoms with Crippen LogP contribution < -0.4 is 4.31 Å². The highest BCUT2D eigenvalue weighted by molar-refractivity contribution is 7.93. The molecule has 0 amide bonds. The molecule has 0 aliphatic heterocycles. The van der Waals surface area contributed by atoms with Gasteiger partial charge >= 0.3 is 5.97 Å². The number of rotatable bonds is 5. The third-order valence-electron chi connectivity index (χ3n) is 3.36. The summed E-state index contributed by atoms with van der Waals surface area (Å²) in [7, 11) is -4.20. The van der Waals surface area contributed by atoms with Gasteiger partial charge in [0, 0.05) is 5.02 Å². The lowest BCUT2D eigenvalue weighted by atomic mass is 10.1. The van der Waals surface area contributed by atoms with Crippen LogP contribution >= 0.6 is 23.2 Å². The van der Waals surface area contributed by atoms with E-state index in [-0.39, 0.29) is 20.6 Å². The molecule has 0 aromatic heterocycles. The smallest absolute Gasteiger partial charge is 0.324 e. The Morgan fingerprint density at radius 2 is 1.79 bits per heavy atom. The quantitative estimate of drug-likeness (QED) is 0.843. The van der Waals surface area contributed by atoms with Crippen molar-refractivity contribution in [2.75, 3.05) is 10.8 Å². The maximum Gasteiger partial charge on any atom is 0.324 e. The molecule has 0 spiro atoms. The normalized spacial score (nSPS) is 11.3. The number of carbonyl (C=O) groups is 1. The molecular weight excluding hydrogens is 373 g/mol. The Hall–Kier alpha value is -1.76. The van der Waals surface area contributed by atoms with Crippen molar-refractivity contribution in [2.45, 2.75) is 18.7 Å². The number of carboxylic acid groups (broad SMARTS) is 1. The zero-order chi connectivity index (χ0) is 18.1. The largest absolute Gasteiger partial charge is 0.480 e. The fourth-order valence-electron chi connectivity index (χ4n) is 2.30. The average Bonchev–Trinajstić information content (AvgIpc) is 2.47. The van der Waals surface area contributed by atoms with Crippen LogP contribution in [0.15, 0.2) is 41.3 Å². The lowest BCUT2D eigenvalue weighted by Crippen LogP contribution is -2.36. The van der Waals surface area contributed by atoms with E-state index in [1.54, 1.807) is 25.1 Å². The fraction of sp³-hybridized carbons (Fsp3) is 0.188. The Morgan fingerprint density at radius 3 is 2.38 bits per heavy atom. The predicted molar refractivity (Wildman–Crippen MR) is 94.5 cm³/mol. The van der Waals surface area contributed by atoms with Gasteiger partial charge in [-0.2, -0.15) is 0 Å². The van der Waals surface area contributed by atoms with Crippen molar-refractivity contribution in [3.63, 3.8) is 0 Å². The molecule has 0 heterocycles. The second-order valence-corrected chi connectivity index (χ2v) is 7.94. The van der Waals surface area contributed by atoms with Crippen molar-refractivity contribution in [2.24, 2.45) is 0 Å². The summed E-state index contributed by atoms with van der Waals surface area (Å²) in [6.45, 7) is 2.85. The Labute approximate surface area is 150 Å². The molecule has 0 bridgehead atoms. The molecule has 0 unspecified atom stereocenters. The molecule has 8 heteroatoms. The van der Waals surface area contributed by atoms with Crippen LogP contribution in [0.1, 0.15) is 11.1 Å². The molecule has 2 aromatic carbocycles. The number of aliphatic carboxylic acids is 1. The maximum absolute atomic E-state index is 13.0. The molecule has 1 N–H and O–H groups in total. The van der Waals surface area contributed by atoms with Crippen LogP contribution in [0.25, 0.3) is 0 Å². The van der Waals surface area contributed by atoms with E-state index in [2.05, 4.69) is 0 Å². The van der Waals surface area contributed by atoms with Gasteiger partial charge in [-0.1, -0.05) is 40.9 Å². The number of halogens is 2. The Kier molecular flexibility index (Phi) is 5.42. The van der Waals surface area contributed by atoms with E-state index in [4.69, 9.17) is 28.3 Å². The summed E-state index contributed by atoms with van der Waals surface area (Å²) in [5.41, 5.74) is 1.85. The zero-order valence-corrected chi connectivity index (χ0v) is 15.3. The molecule has 0 atom stereocenters. The third kappa shape index (κ3) is 3.83. The first-order chi connectivity index (χ1) is 11.1. The van der Waals surface area contributed by atoms with Crippen LogP contribution in [0.2, 0.25) is 10.0 Å². The summed E-state index contributed by atoms with van der Waals surface area (Å²) >= 11 is 11.9. The highest BCUT2D eigenvalue weighted by Gasteiger charge is 2.30. The van der Waals surface area contributed by atoms with Crippen LogP contribution in [0, 0.1) is 13.8 Å². The van der Waals surface area contributed by atoms with Gasteiger partial charge in [0.05, 0.1) is 10.7 Å². The van der Waals surface area contributed by atoms with Gasteiger partial charge in [0.1, 0.15) is 11.4 Å². The van der Waals surface area contributed by atoms with Gasteiger partial charge in [-0.05, 0) is 43.7 Å². The molecule has 2 rings (SSSR count). The summed E-state index contributed by atoms with van der Waals surface area (Å²) in [4.78, 5) is 11.0. The molecule has 0 fully saturated rings. The van der Waals surface area contributed by atoms with E-state index in [1.807, 2.05) is 6.92 Å². The fourth-order valence-corrected chi connectivity index (χ4v) is 4.52. The lowest BCUT2D eigenvalue weighted by Gasteiger charge is -2.25. The molecule has 0 aliphatic carbocycles. The molecule has 0 saturated carbocycles. The van der Waals surface area contributed by atoms with E-state index in [0.29, 0.717) is 5.56 Å². The summed E-state index contributed by atoms with van der Waals surface area (Å²) in [5.74, 6) is -1.28. The van der Waals surface area contributed by atoms with Crippen LogP contribution in [-0.4, -0.2) is 26.0 Å². The maximum atomic E-state index is 13.0. The Balaban J connectivity index is 2.66. The number of aryl methyl sites for hydroxylation is 2. The van der Waals surface area contributed by atoms with Crippen molar-refractivity contribution in [3.05, 3.63) is 57.6 Å². The van der Waals surface area contributed by atoms with Gasteiger partial charge in [-0.3, -0.25) is 9.10 Å². The summed E-state index contributed by atoms with van der Waals surface area (Å²) < 4.78 is 26.8.